The molecule has 1 fully saturated rings. The molecule has 0 radical (unpaired) electrons. The highest BCUT2D eigenvalue weighted by Gasteiger charge is 2.33. The molecule has 1 saturated heterocycles. The predicted molar refractivity (Wildman–Crippen MR) is 124 cm³/mol. The van der Waals surface area contributed by atoms with Crippen LogP contribution in [0.1, 0.15) is 55.5 Å². The summed E-state index contributed by atoms with van der Waals surface area (Å²) in [6, 6.07) is 8.90. The third-order valence-corrected chi connectivity index (χ3v) is 5.67. The van der Waals surface area contributed by atoms with E-state index in [0.29, 0.717) is 11.3 Å². The van der Waals surface area contributed by atoms with Crippen LogP contribution in [0.25, 0.3) is 0 Å². The van der Waals surface area contributed by atoms with Crippen molar-refractivity contribution >= 4 is 29.0 Å². The molecular formula is C24H29F3N4O2. The van der Waals surface area contributed by atoms with Crippen LogP contribution in [-0.2, 0) is 6.18 Å². The Morgan fingerprint density at radius 2 is 1.73 bits per heavy atom. The van der Waals surface area contributed by atoms with Gasteiger partial charge in [0.15, 0.2) is 0 Å². The first-order valence-corrected chi connectivity index (χ1v) is 11.1. The largest absolute Gasteiger partial charge is 0.418 e. The Bertz CT molecular complexity index is 988. The SMILES string of the molecule is CCC(C)NC(=O)c1cc(NC(=O)Nc2ccccc2C(F)(F)F)ccc1N1CCCCC1. The van der Waals surface area contributed by atoms with Gasteiger partial charge >= 0.3 is 12.2 Å². The molecule has 33 heavy (non-hydrogen) atoms. The maximum atomic E-state index is 13.2. The first kappa shape index (κ1) is 24.4. The van der Waals surface area contributed by atoms with Crippen molar-refractivity contribution < 1.29 is 22.8 Å². The van der Waals surface area contributed by atoms with E-state index in [1.54, 1.807) is 18.2 Å². The van der Waals surface area contributed by atoms with Crippen molar-refractivity contribution in [2.24, 2.45) is 0 Å². The van der Waals surface area contributed by atoms with Crippen LogP contribution in [0, 0.1) is 0 Å². The number of nitrogens with zero attached hydrogens (tertiary/aromatic N) is 1. The molecule has 3 N–H and O–H groups in total. The Labute approximate surface area is 191 Å². The van der Waals surface area contributed by atoms with Crippen LogP contribution in [0.15, 0.2) is 42.5 Å². The molecule has 0 saturated carbocycles. The van der Waals surface area contributed by atoms with Gasteiger partial charge in [0.05, 0.1) is 16.8 Å². The number of carbonyl (C=O) groups is 2. The molecule has 178 valence electrons. The van der Waals surface area contributed by atoms with E-state index in [9.17, 15) is 22.8 Å². The first-order chi connectivity index (χ1) is 15.7. The number of hydrogen-bond acceptors (Lipinski definition) is 3. The molecule has 0 aromatic heterocycles. The lowest BCUT2D eigenvalue weighted by atomic mass is 10.1. The van der Waals surface area contributed by atoms with Gasteiger partial charge in [-0.1, -0.05) is 19.1 Å². The zero-order valence-corrected chi connectivity index (χ0v) is 18.8. The normalized spacial score (nSPS) is 15.0. The van der Waals surface area contributed by atoms with Crippen molar-refractivity contribution in [3.8, 4) is 0 Å². The van der Waals surface area contributed by atoms with E-state index in [0.717, 1.165) is 50.5 Å². The summed E-state index contributed by atoms with van der Waals surface area (Å²) in [6.45, 7) is 5.56. The van der Waals surface area contributed by atoms with E-state index < -0.39 is 17.8 Å². The van der Waals surface area contributed by atoms with Gasteiger partial charge in [-0.25, -0.2) is 4.79 Å². The number of urea groups is 1. The third kappa shape index (κ3) is 6.40. The molecule has 3 amide bonds. The van der Waals surface area contributed by atoms with Gasteiger partial charge < -0.3 is 20.9 Å². The van der Waals surface area contributed by atoms with Crippen molar-refractivity contribution in [3.63, 3.8) is 0 Å². The summed E-state index contributed by atoms with van der Waals surface area (Å²) < 4.78 is 39.6. The lowest BCUT2D eigenvalue weighted by Crippen LogP contribution is -2.35. The van der Waals surface area contributed by atoms with Crippen LogP contribution in [0.4, 0.5) is 35.0 Å². The second-order valence-corrected chi connectivity index (χ2v) is 8.18. The fourth-order valence-corrected chi connectivity index (χ4v) is 3.73. The number of halogens is 3. The highest BCUT2D eigenvalue weighted by molar-refractivity contribution is 6.04. The Balaban J connectivity index is 1.82. The topological polar surface area (TPSA) is 73.5 Å². The molecule has 2 aromatic rings. The Morgan fingerprint density at radius 3 is 2.39 bits per heavy atom. The number of amides is 3. The molecule has 1 aliphatic heterocycles. The standard InChI is InChI=1S/C24H29F3N4O2/c1-3-16(2)28-22(32)18-15-17(11-12-21(18)31-13-7-4-8-14-31)29-23(33)30-20-10-6-5-9-19(20)24(25,26)27/h5-6,9-12,15-16H,3-4,7-8,13-14H2,1-2H3,(H,28,32)(H2,29,30,33). The average Bonchev–Trinajstić information content (AvgIpc) is 2.79. The molecule has 9 heteroatoms. The first-order valence-electron chi connectivity index (χ1n) is 11.1. The number of carbonyl (C=O) groups excluding carboxylic acids is 2. The third-order valence-electron chi connectivity index (χ3n) is 5.67. The monoisotopic (exact) mass is 462 g/mol. The molecule has 1 unspecified atom stereocenters. The van der Waals surface area contributed by atoms with Crippen LogP contribution in [-0.4, -0.2) is 31.1 Å². The number of hydrogen-bond donors (Lipinski definition) is 3. The molecule has 2 aromatic carbocycles. The van der Waals surface area contributed by atoms with Gasteiger partial charge in [-0.3, -0.25) is 4.79 Å². The maximum Gasteiger partial charge on any atom is 0.418 e. The summed E-state index contributed by atoms with van der Waals surface area (Å²) >= 11 is 0. The smallest absolute Gasteiger partial charge is 0.371 e. The molecular weight excluding hydrogens is 433 g/mol. The van der Waals surface area contributed by atoms with Crippen LogP contribution in [0.2, 0.25) is 0 Å². The van der Waals surface area contributed by atoms with Gasteiger partial charge in [-0.05, 0) is 62.9 Å². The molecule has 0 spiro atoms. The van der Waals surface area contributed by atoms with Crippen molar-refractivity contribution in [1.82, 2.24) is 5.32 Å². The van der Waals surface area contributed by atoms with Gasteiger partial charge in [0, 0.05) is 30.5 Å². The number of nitrogens with one attached hydrogen (secondary N) is 3. The predicted octanol–water partition coefficient (Wildman–Crippen LogP) is 5.87. The van der Waals surface area contributed by atoms with E-state index in [-0.39, 0.29) is 17.6 Å². The van der Waals surface area contributed by atoms with Crippen LogP contribution < -0.4 is 20.9 Å². The summed E-state index contributed by atoms with van der Waals surface area (Å²) in [7, 11) is 0. The fourth-order valence-electron chi connectivity index (χ4n) is 3.73. The fraction of sp³-hybridized carbons (Fsp3) is 0.417. The van der Waals surface area contributed by atoms with Crippen molar-refractivity contribution in [3.05, 3.63) is 53.6 Å². The molecule has 1 atom stereocenters. The van der Waals surface area contributed by atoms with Gasteiger partial charge in [0.25, 0.3) is 5.91 Å². The highest BCUT2D eigenvalue weighted by atomic mass is 19.4. The lowest BCUT2D eigenvalue weighted by molar-refractivity contribution is -0.136. The number of alkyl halides is 3. The number of para-hydroxylation sites is 1. The maximum absolute atomic E-state index is 13.2. The van der Waals surface area contributed by atoms with Crippen LogP contribution in [0.3, 0.4) is 0 Å². The van der Waals surface area contributed by atoms with E-state index in [2.05, 4.69) is 20.9 Å². The minimum atomic E-state index is -4.60. The average molecular weight is 463 g/mol. The zero-order valence-electron chi connectivity index (χ0n) is 18.8. The van der Waals surface area contributed by atoms with Crippen LogP contribution in [0.5, 0.6) is 0 Å². The minimum Gasteiger partial charge on any atom is -0.371 e. The number of piperidine rings is 1. The summed E-state index contributed by atoms with van der Waals surface area (Å²) in [5.41, 5.74) is 0.234. The van der Waals surface area contributed by atoms with Gasteiger partial charge in [-0.15, -0.1) is 0 Å². The summed E-state index contributed by atoms with van der Waals surface area (Å²) in [5.74, 6) is -0.253. The van der Waals surface area contributed by atoms with Gasteiger partial charge in [0.1, 0.15) is 0 Å². The molecule has 1 heterocycles. The Kier molecular flexibility index (Phi) is 7.84. The Hall–Kier alpha value is -3.23. The zero-order chi connectivity index (χ0) is 24.0. The van der Waals surface area contributed by atoms with Gasteiger partial charge in [0.2, 0.25) is 0 Å². The minimum absolute atomic E-state index is 0.0227. The van der Waals surface area contributed by atoms with Gasteiger partial charge in [-0.2, -0.15) is 13.2 Å². The summed E-state index contributed by atoms with van der Waals surface area (Å²) in [4.78, 5) is 27.6. The van der Waals surface area contributed by atoms with Crippen molar-refractivity contribution in [1.29, 1.82) is 0 Å². The quantitative estimate of drug-likeness (QED) is 0.503. The second-order valence-electron chi connectivity index (χ2n) is 8.18. The number of benzene rings is 2. The van der Waals surface area contributed by atoms with E-state index in [1.807, 2.05) is 13.8 Å². The van der Waals surface area contributed by atoms with E-state index in [4.69, 9.17) is 0 Å². The van der Waals surface area contributed by atoms with Crippen LogP contribution >= 0.6 is 0 Å². The number of rotatable bonds is 6. The molecule has 0 bridgehead atoms. The Morgan fingerprint density at radius 1 is 1.03 bits per heavy atom. The molecule has 0 aliphatic carbocycles. The lowest BCUT2D eigenvalue weighted by Gasteiger charge is -2.31. The second kappa shape index (κ2) is 10.6. The molecule has 3 rings (SSSR count). The van der Waals surface area contributed by atoms with Crippen molar-refractivity contribution in [2.75, 3.05) is 28.6 Å². The summed E-state index contributed by atoms with van der Waals surface area (Å²) in [5, 5.41) is 7.75. The highest BCUT2D eigenvalue weighted by Crippen LogP contribution is 2.34. The number of anilines is 3. The molecule has 6 nitrogen and oxygen atoms in total. The molecule has 1 aliphatic rings. The van der Waals surface area contributed by atoms with Crippen molar-refractivity contribution in [2.45, 2.75) is 51.7 Å². The summed E-state index contributed by atoms with van der Waals surface area (Å²) in [6.07, 6.45) is -0.615. The van der Waals surface area contributed by atoms with E-state index >= 15 is 0 Å². The van der Waals surface area contributed by atoms with E-state index in [1.165, 1.54) is 18.2 Å².